The highest BCUT2D eigenvalue weighted by molar-refractivity contribution is 5.87. The van der Waals surface area contributed by atoms with Gasteiger partial charge in [0, 0.05) is 26.0 Å². The number of esters is 3. The predicted molar refractivity (Wildman–Crippen MR) is 121 cm³/mol. The van der Waals surface area contributed by atoms with Gasteiger partial charge in [-0.05, 0) is 31.7 Å². The number of benzene rings is 1. The van der Waals surface area contributed by atoms with Crippen LogP contribution in [0.15, 0.2) is 42.0 Å². The van der Waals surface area contributed by atoms with Gasteiger partial charge in [0.2, 0.25) is 0 Å². The summed E-state index contributed by atoms with van der Waals surface area (Å²) in [5, 5.41) is 0. The molecule has 0 aliphatic heterocycles. The second-order valence-electron chi connectivity index (χ2n) is 7.61. The average Bonchev–Trinajstić information content (AvgIpc) is 2.77. The van der Waals surface area contributed by atoms with Crippen LogP contribution >= 0.6 is 0 Å². The van der Waals surface area contributed by atoms with Crippen molar-refractivity contribution in [2.24, 2.45) is 0 Å². The molecule has 0 fully saturated rings. The van der Waals surface area contributed by atoms with Crippen molar-refractivity contribution in [2.45, 2.75) is 72.0 Å². The molecule has 0 saturated carbocycles. The van der Waals surface area contributed by atoms with Gasteiger partial charge in [0.15, 0.2) is 6.10 Å². The van der Waals surface area contributed by atoms with Crippen molar-refractivity contribution in [1.29, 1.82) is 0 Å². The van der Waals surface area contributed by atoms with E-state index in [9.17, 15) is 14.4 Å². The number of rotatable bonds is 16. The second kappa shape index (κ2) is 17.0. The third-order valence-electron chi connectivity index (χ3n) is 4.60. The molecule has 0 aliphatic carbocycles. The largest absolute Gasteiger partial charge is 0.462 e. The van der Waals surface area contributed by atoms with E-state index >= 15 is 0 Å². The van der Waals surface area contributed by atoms with Crippen molar-refractivity contribution < 1.29 is 33.3 Å². The molecule has 7 heteroatoms. The molecule has 0 bridgehead atoms. The van der Waals surface area contributed by atoms with Crippen LogP contribution in [0.1, 0.15) is 64.9 Å². The zero-order valence-electron chi connectivity index (χ0n) is 19.5. The maximum atomic E-state index is 12.2. The van der Waals surface area contributed by atoms with Gasteiger partial charge in [-0.1, -0.05) is 55.7 Å². The molecule has 32 heavy (non-hydrogen) atoms. The number of carbonyl (C=O) groups excluding carboxylic acids is 3. The predicted octanol–water partition coefficient (Wildman–Crippen LogP) is 4.53. The van der Waals surface area contributed by atoms with E-state index in [0.29, 0.717) is 12.2 Å². The molecule has 0 amide bonds. The number of hydrogen-bond donors (Lipinski definition) is 0. The van der Waals surface area contributed by atoms with Crippen molar-refractivity contribution in [3.63, 3.8) is 0 Å². The van der Waals surface area contributed by atoms with Gasteiger partial charge in [-0.2, -0.15) is 0 Å². The van der Waals surface area contributed by atoms with E-state index in [1.807, 2.05) is 24.3 Å². The Kier molecular flexibility index (Phi) is 14.5. The van der Waals surface area contributed by atoms with Crippen LogP contribution < -0.4 is 0 Å². The Morgan fingerprint density at radius 1 is 0.844 bits per heavy atom. The van der Waals surface area contributed by atoms with Crippen LogP contribution in [0.5, 0.6) is 0 Å². The van der Waals surface area contributed by atoms with E-state index in [2.05, 4.69) is 12.1 Å². The summed E-state index contributed by atoms with van der Waals surface area (Å²) in [6.07, 6.45) is 7.15. The first kappa shape index (κ1) is 27.4. The minimum absolute atomic E-state index is 0.156. The number of carbonyl (C=O) groups is 3. The molecule has 1 aromatic rings. The Morgan fingerprint density at radius 3 is 2.06 bits per heavy atom. The Balaban J connectivity index is 2.15. The summed E-state index contributed by atoms with van der Waals surface area (Å²) in [5.74, 6) is -1.50. The normalized spacial score (nSPS) is 11.3. The first-order chi connectivity index (χ1) is 15.4. The van der Waals surface area contributed by atoms with Crippen molar-refractivity contribution >= 4 is 17.9 Å². The zero-order chi connectivity index (χ0) is 23.6. The third kappa shape index (κ3) is 14.4. The summed E-state index contributed by atoms with van der Waals surface area (Å²) in [6, 6.07) is 10.1. The molecule has 0 heterocycles. The van der Waals surface area contributed by atoms with Gasteiger partial charge in [0.1, 0.15) is 13.2 Å². The summed E-state index contributed by atoms with van der Waals surface area (Å²) in [7, 11) is 0. The number of unbranched alkanes of at least 4 members (excludes halogenated alkanes) is 5. The molecular weight excluding hydrogens is 412 g/mol. The van der Waals surface area contributed by atoms with Gasteiger partial charge >= 0.3 is 17.9 Å². The minimum Gasteiger partial charge on any atom is -0.462 e. The maximum absolute atomic E-state index is 12.2. The lowest BCUT2D eigenvalue weighted by Gasteiger charge is -2.17. The Morgan fingerprint density at radius 2 is 1.44 bits per heavy atom. The minimum atomic E-state index is -0.831. The SMILES string of the molecule is CC(=O)OCC(COC(C)=O)OC(=O)/C(C)=C/CCCCCCCOCc1ccccc1. The van der Waals surface area contributed by atoms with E-state index in [1.54, 1.807) is 6.92 Å². The summed E-state index contributed by atoms with van der Waals surface area (Å²) in [6.45, 7) is 5.31. The molecule has 0 aromatic heterocycles. The van der Waals surface area contributed by atoms with Gasteiger partial charge in [0.25, 0.3) is 0 Å². The topological polar surface area (TPSA) is 88.1 Å². The van der Waals surface area contributed by atoms with Crippen LogP contribution in [0, 0.1) is 0 Å². The van der Waals surface area contributed by atoms with Gasteiger partial charge in [-0.3, -0.25) is 9.59 Å². The molecule has 0 aliphatic rings. The maximum Gasteiger partial charge on any atom is 0.333 e. The fourth-order valence-electron chi connectivity index (χ4n) is 2.83. The highest BCUT2D eigenvalue weighted by Gasteiger charge is 2.18. The van der Waals surface area contributed by atoms with Gasteiger partial charge in [-0.15, -0.1) is 0 Å². The summed E-state index contributed by atoms with van der Waals surface area (Å²) in [5.41, 5.74) is 1.67. The lowest BCUT2D eigenvalue weighted by Crippen LogP contribution is -2.30. The molecule has 178 valence electrons. The fourth-order valence-corrected chi connectivity index (χ4v) is 2.83. The lowest BCUT2D eigenvalue weighted by molar-refractivity contribution is -0.162. The number of hydrogen-bond acceptors (Lipinski definition) is 7. The number of ether oxygens (including phenoxy) is 4. The van der Waals surface area contributed by atoms with E-state index in [0.717, 1.165) is 45.1 Å². The van der Waals surface area contributed by atoms with Crippen LogP contribution in [0.3, 0.4) is 0 Å². The van der Waals surface area contributed by atoms with Crippen LogP contribution in [-0.4, -0.2) is 43.8 Å². The smallest absolute Gasteiger partial charge is 0.333 e. The summed E-state index contributed by atoms with van der Waals surface area (Å²) < 4.78 is 20.7. The Bertz CT molecular complexity index is 694. The molecule has 0 spiro atoms. The molecular formula is C25H36O7. The van der Waals surface area contributed by atoms with Gasteiger partial charge < -0.3 is 18.9 Å². The van der Waals surface area contributed by atoms with Crippen molar-refractivity contribution in [3.8, 4) is 0 Å². The van der Waals surface area contributed by atoms with Crippen LogP contribution in [-0.2, 0) is 39.9 Å². The summed E-state index contributed by atoms with van der Waals surface area (Å²) in [4.78, 5) is 34.2. The Hall–Kier alpha value is -2.67. The van der Waals surface area contributed by atoms with Crippen molar-refractivity contribution in [2.75, 3.05) is 19.8 Å². The molecule has 1 aromatic carbocycles. The summed E-state index contributed by atoms with van der Waals surface area (Å²) >= 11 is 0. The first-order valence-electron chi connectivity index (χ1n) is 11.1. The van der Waals surface area contributed by atoms with Crippen LogP contribution in [0.25, 0.3) is 0 Å². The van der Waals surface area contributed by atoms with Crippen molar-refractivity contribution in [3.05, 3.63) is 47.5 Å². The van der Waals surface area contributed by atoms with Crippen LogP contribution in [0.2, 0.25) is 0 Å². The van der Waals surface area contributed by atoms with E-state index in [-0.39, 0.29) is 13.2 Å². The van der Waals surface area contributed by atoms with Crippen LogP contribution in [0.4, 0.5) is 0 Å². The Labute approximate surface area is 191 Å². The van der Waals surface area contributed by atoms with E-state index in [4.69, 9.17) is 18.9 Å². The highest BCUT2D eigenvalue weighted by Crippen LogP contribution is 2.10. The number of allylic oxidation sites excluding steroid dienone is 1. The molecule has 0 saturated heterocycles. The molecule has 0 N–H and O–H groups in total. The fraction of sp³-hybridized carbons (Fsp3) is 0.560. The van der Waals surface area contributed by atoms with E-state index in [1.165, 1.54) is 19.4 Å². The zero-order valence-corrected chi connectivity index (χ0v) is 19.5. The third-order valence-corrected chi connectivity index (χ3v) is 4.60. The average molecular weight is 449 g/mol. The molecule has 0 unspecified atom stereocenters. The molecule has 0 atom stereocenters. The molecule has 1 rings (SSSR count). The quantitative estimate of drug-likeness (QED) is 0.159. The first-order valence-corrected chi connectivity index (χ1v) is 11.1. The molecule has 0 radical (unpaired) electrons. The lowest BCUT2D eigenvalue weighted by atomic mass is 10.1. The second-order valence-corrected chi connectivity index (χ2v) is 7.61. The monoisotopic (exact) mass is 448 g/mol. The van der Waals surface area contributed by atoms with Gasteiger partial charge in [-0.25, -0.2) is 4.79 Å². The highest BCUT2D eigenvalue weighted by atomic mass is 16.6. The standard InChI is InChI=1S/C25H36O7/c1-20(25(28)32-24(18-30-21(2)26)19-31-22(3)27)13-9-6-4-5-7-12-16-29-17-23-14-10-8-11-15-23/h8,10-11,13-15,24H,4-7,9,12,16-19H2,1-3H3/b20-13+. The molecule has 7 nitrogen and oxygen atoms in total. The van der Waals surface area contributed by atoms with Crippen molar-refractivity contribution in [1.82, 2.24) is 0 Å². The van der Waals surface area contributed by atoms with Gasteiger partial charge in [0.05, 0.1) is 6.61 Å². The van der Waals surface area contributed by atoms with E-state index < -0.39 is 24.0 Å².